The molecule has 0 aliphatic rings. The number of nitrogens with one attached hydrogen (secondary N) is 1. The van der Waals surface area contributed by atoms with Crippen LogP contribution in [-0.4, -0.2) is 16.9 Å². The number of anilines is 1. The number of benzene rings is 1. The Morgan fingerprint density at radius 1 is 1.26 bits per heavy atom. The fourth-order valence-corrected chi connectivity index (χ4v) is 2.34. The topological polar surface area (TPSA) is 68.3 Å². The highest BCUT2D eigenvalue weighted by Crippen LogP contribution is 2.29. The maximum Gasteiger partial charge on any atom is 0.416 e. The van der Waals surface area contributed by atoms with Crippen LogP contribution in [0.15, 0.2) is 29.6 Å². The molecule has 1 amide bonds. The van der Waals surface area contributed by atoms with Crippen molar-refractivity contribution in [1.82, 2.24) is 4.98 Å². The summed E-state index contributed by atoms with van der Waals surface area (Å²) in [5, 5.41) is 4.46. The van der Waals surface area contributed by atoms with Crippen molar-refractivity contribution in [2.75, 3.05) is 5.32 Å². The summed E-state index contributed by atoms with van der Waals surface area (Å²) in [5.74, 6) is -1.03. The van der Waals surface area contributed by atoms with E-state index in [0.29, 0.717) is 10.8 Å². The monoisotopic (exact) mass is 344 g/mol. The first-order valence-corrected chi connectivity index (χ1v) is 7.20. The first-order chi connectivity index (χ1) is 10.8. The van der Waals surface area contributed by atoms with Gasteiger partial charge in [-0.1, -0.05) is 0 Å². The molecule has 5 nitrogen and oxygen atoms in total. The SMILES string of the molecule is CC(=O)Nc1nc(COC(=O)c2ccc(C(F)(F)F)cc2)cs1. The lowest BCUT2D eigenvalue weighted by atomic mass is 10.1. The quantitative estimate of drug-likeness (QED) is 0.862. The third kappa shape index (κ3) is 4.78. The Bertz CT molecular complexity index is 711. The number of amides is 1. The number of carbonyl (C=O) groups is 2. The van der Waals surface area contributed by atoms with Crippen LogP contribution in [0.4, 0.5) is 18.3 Å². The van der Waals surface area contributed by atoms with Crippen molar-refractivity contribution in [3.63, 3.8) is 0 Å². The summed E-state index contributed by atoms with van der Waals surface area (Å²) in [7, 11) is 0. The third-order valence-electron chi connectivity index (χ3n) is 2.63. The lowest BCUT2D eigenvalue weighted by Crippen LogP contribution is -2.08. The number of esters is 1. The van der Waals surface area contributed by atoms with E-state index in [1.54, 1.807) is 5.38 Å². The Morgan fingerprint density at radius 3 is 2.48 bits per heavy atom. The van der Waals surface area contributed by atoms with Gasteiger partial charge in [-0.2, -0.15) is 13.2 Å². The van der Waals surface area contributed by atoms with Crippen LogP contribution in [0.3, 0.4) is 0 Å². The van der Waals surface area contributed by atoms with Crippen molar-refractivity contribution >= 4 is 28.3 Å². The summed E-state index contributed by atoms with van der Waals surface area (Å²) in [6.45, 7) is 1.20. The lowest BCUT2D eigenvalue weighted by Gasteiger charge is -2.07. The molecule has 122 valence electrons. The summed E-state index contributed by atoms with van der Waals surface area (Å²) in [6.07, 6.45) is -4.46. The van der Waals surface area contributed by atoms with Crippen LogP contribution in [-0.2, 0) is 22.3 Å². The van der Waals surface area contributed by atoms with Crippen molar-refractivity contribution in [1.29, 1.82) is 0 Å². The summed E-state index contributed by atoms with van der Waals surface area (Å²) >= 11 is 1.17. The molecule has 0 bridgehead atoms. The Kier molecular flexibility index (Phi) is 4.99. The highest BCUT2D eigenvalue weighted by atomic mass is 32.1. The third-order valence-corrected chi connectivity index (χ3v) is 3.44. The molecule has 1 aromatic heterocycles. The van der Waals surface area contributed by atoms with Gasteiger partial charge in [0.25, 0.3) is 0 Å². The molecule has 1 N–H and O–H groups in total. The summed E-state index contributed by atoms with van der Waals surface area (Å²) in [6, 6.07) is 3.73. The maximum atomic E-state index is 12.4. The van der Waals surface area contributed by atoms with Gasteiger partial charge in [0.15, 0.2) is 5.13 Å². The zero-order valence-electron chi connectivity index (χ0n) is 11.8. The number of thiazole rings is 1. The van der Waals surface area contributed by atoms with Gasteiger partial charge in [-0.25, -0.2) is 9.78 Å². The van der Waals surface area contributed by atoms with Gasteiger partial charge < -0.3 is 10.1 Å². The molecule has 0 saturated carbocycles. The van der Waals surface area contributed by atoms with E-state index in [2.05, 4.69) is 10.3 Å². The average molecular weight is 344 g/mol. The molecular formula is C14H11F3N2O3S. The van der Waals surface area contributed by atoms with Crippen molar-refractivity contribution in [3.8, 4) is 0 Å². The molecule has 0 radical (unpaired) electrons. The number of ether oxygens (including phenoxy) is 1. The molecule has 0 fully saturated rings. The van der Waals surface area contributed by atoms with Crippen molar-refractivity contribution < 1.29 is 27.5 Å². The minimum Gasteiger partial charge on any atom is -0.456 e. The van der Waals surface area contributed by atoms with Crippen LogP contribution in [0.25, 0.3) is 0 Å². The molecule has 9 heteroatoms. The Hall–Kier alpha value is -2.42. The van der Waals surface area contributed by atoms with E-state index < -0.39 is 17.7 Å². The standard InChI is InChI=1S/C14H11F3N2O3S/c1-8(20)18-13-19-11(7-23-13)6-22-12(21)9-2-4-10(5-3-9)14(15,16)17/h2-5,7H,6H2,1H3,(H,18,19,20). The van der Waals surface area contributed by atoms with Crippen LogP contribution in [0.5, 0.6) is 0 Å². The van der Waals surface area contributed by atoms with Crippen molar-refractivity contribution in [2.45, 2.75) is 19.7 Å². The fourth-order valence-electron chi connectivity index (χ4n) is 1.60. The van der Waals surface area contributed by atoms with Gasteiger partial charge in [-0.05, 0) is 24.3 Å². The highest BCUT2D eigenvalue weighted by molar-refractivity contribution is 7.13. The molecule has 1 aromatic carbocycles. The lowest BCUT2D eigenvalue weighted by molar-refractivity contribution is -0.137. The van der Waals surface area contributed by atoms with E-state index in [-0.39, 0.29) is 18.1 Å². The van der Waals surface area contributed by atoms with Crippen LogP contribution in [0, 0.1) is 0 Å². The molecular weight excluding hydrogens is 333 g/mol. The number of rotatable bonds is 4. The largest absolute Gasteiger partial charge is 0.456 e. The molecule has 0 atom stereocenters. The molecule has 0 aliphatic heterocycles. The van der Waals surface area contributed by atoms with Gasteiger partial charge in [0, 0.05) is 12.3 Å². The van der Waals surface area contributed by atoms with Crippen LogP contribution >= 0.6 is 11.3 Å². The normalized spacial score (nSPS) is 11.1. The van der Waals surface area contributed by atoms with E-state index in [1.165, 1.54) is 18.3 Å². The van der Waals surface area contributed by atoms with Crippen LogP contribution in [0.2, 0.25) is 0 Å². The van der Waals surface area contributed by atoms with Gasteiger partial charge in [-0.3, -0.25) is 4.79 Å². The number of aromatic nitrogens is 1. The van der Waals surface area contributed by atoms with Crippen LogP contribution in [0.1, 0.15) is 28.5 Å². The molecule has 2 aromatic rings. The Morgan fingerprint density at radius 2 is 1.91 bits per heavy atom. The van der Waals surface area contributed by atoms with E-state index in [9.17, 15) is 22.8 Å². The Labute approximate surface area is 133 Å². The molecule has 23 heavy (non-hydrogen) atoms. The van der Waals surface area contributed by atoms with Crippen molar-refractivity contribution in [3.05, 3.63) is 46.5 Å². The number of hydrogen-bond donors (Lipinski definition) is 1. The molecule has 1 heterocycles. The molecule has 0 saturated heterocycles. The summed E-state index contributed by atoms with van der Waals surface area (Å²) in [5.41, 5.74) is -0.400. The number of nitrogens with zero attached hydrogens (tertiary/aromatic N) is 1. The van der Waals surface area contributed by atoms with Gasteiger partial charge in [0.05, 0.1) is 16.8 Å². The zero-order chi connectivity index (χ0) is 17.0. The smallest absolute Gasteiger partial charge is 0.416 e. The maximum absolute atomic E-state index is 12.4. The predicted molar refractivity (Wildman–Crippen MR) is 77.0 cm³/mol. The first kappa shape index (κ1) is 16.9. The predicted octanol–water partition coefficient (Wildman–Crippen LogP) is 3.48. The summed E-state index contributed by atoms with van der Waals surface area (Å²) in [4.78, 5) is 26.7. The summed E-state index contributed by atoms with van der Waals surface area (Å²) < 4.78 is 42.3. The molecule has 0 aliphatic carbocycles. The van der Waals surface area contributed by atoms with Gasteiger partial charge in [-0.15, -0.1) is 11.3 Å². The molecule has 0 spiro atoms. The van der Waals surface area contributed by atoms with E-state index in [4.69, 9.17) is 4.74 Å². The first-order valence-electron chi connectivity index (χ1n) is 6.32. The second-order valence-corrected chi connectivity index (χ2v) is 5.33. The second kappa shape index (κ2) is 6.78. The van der Waals surface area contributed by atoms with Gasteiger partial charge in [0.1, 0.15) is 6.61 Å². The number of halogens is 3. The average Bonchev–Trinajstić information content (AvgIpc) is 2.90. The number of hydrogen-bond acceptors (Lipinski definition) is 5. The second-order valence-electron chi connectivity index (χ2n) is 4.48. The minimum atomic E-state index is -4.46. The number of carbonyl (C=O) groups excluding carboxylic acids is 2. The van der Waals surface area contributed by atoms with Crippen LogP contribution < -0.4 is 5.32 Å². The minimum absolute atomic E-state index is 0.00955. The van der Waals surface area contributed by atoms with Gasteiger partial charge in [0.2, 0.25) is 5.91 Å². The Balaban J connectivity index is 1.94. The van der Waals surface area contributed by atoms with E-state index in [1.807, 2.05) is 0 Å². The fraction of sp³-hybridized carbons (Fsp3) is 0.214. The van der Waals surface area contributed by atoms with Crippen molar-refractivity contribution in [2.24, 2.45) is 0 Å². The molecule has 0 unspecified atom stereocenters. The van der Waals surface area contributed by atoms with E-state index in [0.717, 1.165) is 24.3 Å². The zero-order valence-corrected chi connectivity index (χ0v) is 12.6. The van der Waals surface area contributed by atoms with E-state index >= 15 is 0 Å². The highest BCUT2D eigenvalue weighted by Gasteiger charge is 2.30. The molecule has 2 rings (SSSR count). The number of alkyl halides is 3. The van der Waals surface area contributed by atoms with Gasteiger partial charge >= 0.3 is 12.1 Å².